The fraction of sp³-hybridized carbons (Fsp3) is 0.333. The lowest BCUT2D eigenvalue weighted by Crippen LogP contribution is -2.12. The van der Waals surface area contributed by atoms with Crippen molar-refractivity contribution in [3.63, 3.8) is 0 Å². The largest absolute Gasteiger partial charge is 0.359 e. The van der Waals surface area contributed by atoms with E-state index in [0.717, 1.165) is 6.42 Å². The molecule has 0 spiro atoms. The van der Waals surface area contributed by atoms with Gasteiger partial charge in [-0.25, -0.2) is 0 Å². The van der Waals surface area contributed by atoms with Gasteiger partial charge in [0.2, 0.25) is 0 Å². The fourth-order valence-corrected chi connectivity index (χ4v) is 0.911. The van der Waals surface area contributed by atoms with Crippen molar-refractivity contribution < 1.29 is 0 Å². The number of nitrogens with one attached hydrogen (secondary N) is 1. The highest BCUT2D eigenvalue weighted by atomic mass is 14.9. The molecule has 0 bridgehead atoms. The van der Waals surface area contributed by atoms with Gasteiger partial charge >= 0.3 is 0 Å². The van der Waals surface area contributed by atoms with Crippen LogP contribution in [0.5, 0.6) is 0 Å². The van der Waals surface area contributed by atoms with E-state index >= 15 is 0 Å². The van der Waals surface area contributed by atoms with E-state index in [2.05, 4.69) is 36.5 Å². The van der Waals surface area contributed by atoms with Crippen molar-refractivity contribution in [3.8, 4) is 0 Å². The fourth-order valence-electron chi connectivity index (χ4n) is 0.911. The third-order valence-corrected chi connectivity index (χ3v) is 1.57. The average molecular weight is 135 g/mol. The van der Waals surface area contributed by atoms with Gasteiger partial charge in [-0.15, -0.1) is 0 Å². The Hall–Kier alpha value is -0.980. The summed E-state index contributed by atoms with van der Waals surface area (Å²) in [6.45, 7) is 4.18. The Morgan fingerprint density at radius 2 is 2.40 bits per heavy atom. The third-order valence-electron chi connectivity index (χ3n) is 1.57. The number of dihydropyridines is 1. The predicted molar refractivity (Wildman–Crippen MR) is 44.4 cm³/mol. The van der Waals surface area contributed by atoms with Crippen LogP contribution in [0, 0.1) is 0 Å². The zero-order valence-electron chi connectivity index (χ0n) is 6.52. The molecule has 0 amide bonds. The molecule has 1 aliphatic heterocycles. The van der Waals surface area contributed by atoms with Crippen LogP contribution in [0.4, 0.5) is 0 Å². The Morgan fingerprint density at radius 3 is 3.00 bits per heavy atom. The van der Waals surface area contributed by atoms with Gasteiger partial charge in [-0.3, -0.25) is 0 Å². The first-order chi connectivity index (χ1) is 4.86. The summed E-state index contributed by atoms with van der Waals surface area (Å²) >= 11 is 0. The van der Waals surface area contributed by atoms with Crippen LogP contribution < -0.4 is 5.32 Å². The SMILES string of the molecule is CC=C1C=CC=C(CC)N1. The second-order valence-electron chi connectivity index (χ2n) is 2.27. The van der Waals surface area contributed by atoms with Crippen molar-refractivity contribution in [1.29, 1.82) is 0 Å². The molecule has 1 heteroatoms. The van der Waals surface area contributed by atoms with Gasteiger partial charge in [0.25, 0.3) is 0 Å². The van der Waals surface area contributed by atoms with Gasteiger partial charge in [-0.1, -0.05) is 19.1 Å². The number of allylic oxidation sites excluding steroid dienone is 5. The molecule has 1 rings (SSSR count). The maximum atomic E-state index is 3.29. The first-order valence-electron chi connectivity index (χ1n) is 3.67. The molecule has 1 aliphatic rings. The lowest BCUT2D eigenvalue weighted by molar-refractivity contribution is 0.900. The molecule has 0 saturated heterocycles. The Labute approximate surface area is 62.1 Å². The van der Waals surface area contributed by atoms with Crippen LogP contribution in [0.25, 0.3) is 0 Å². The monoisotopic (exact) mass is 135 g/mol. The zero-order valence-corrected chi connectivity index (χ0v) is 6.52. The van der Waals surface area contributed by atoms with Crippen molar-refractivity contribution in [2.45, 2.75) is 20.3 Å². The highest BCUT2D eigenvalue weighted by molar-refractivity contribution is 5.30. The van der Waals surface area contributed by atoms with Crippen molar-refractivity contribution in [2.75, 3.05) is 0 Å². The quantitative estimate of drug-likeness (QED) is 0.582. The summed E-state index contributed by atoms with van der Waals surface area (Å²) < 4.78 is 0. The van der Waals surface area contributed by atoms with E-state index in [1.807, 2.05) is 6.92 Å². The van der Waals surface area contributed by atoms with Crippen molar-refractivity contribution in [1.82, 2.24) is 5.32 Å². The molecule has 0 aromatic rings. The molecule has 0 unspecified atom stereocenters. The van der Waals surface area contributed by atoms with Gasteiger partial charge in [0, 0.05) is 11.4 Å². The minimum Gasteiger partial charge on any atom is -0.359 e. The molecule has 0 fully saturated rings. The lowest BCUT2D eigenvalue weighted by Gasteiger charge is -2.12. The number of hydrogen-bond donors (Lipinski definition) is 1. The summed E-state index contributed by atoms with van der Waals surface area (Å²) in [6.07, 6.45) is 9.39. The van der Waals surface area contributed by atoms with E-state index in [9.17, 15) is 0 Å². The Balaban J connectivity index is 2.68. The van der Waals surface area contributed by atoms with Crippen LogP contribution in [-0.2, 0) is 0 Å². The van der Waals surface area contributed by atoms with Gasteiger partial charge in [0.05, 0.1) is 0 Å². The molecule has 0 aromatic carbocycles. The molecule has 0 atom stereocenters. The summed E-state index contributed by atoms with van der Waals surface area (Å²) in [5, 5.41) is 3.29. The number of hydrogen-bond acceptors (Lipinski definition) is 1. The van der Waals surface area contributed by atoms with Crippen LogP contribution in [0.1, 0.15) is 20.3 Å². The molecule has 0 aromatic heterocycles. The minimum absolute atomic E-state index is 1.07. The summed E-state index contributed by atoms with van der Waals surface area (Å²) in [4.78, 5) is 0. The van der Waals surface area contributed by atoms with E-state index in [0.29, 0.717) is 0 Å². The maximum absolute atomic E-state index is 3.29. The van der Waals surface area contributed by atoms with Crippen LogP contribution in [-0.4, -0.2) is 0 Å². The third kappa shape index (κ3) is 1.50. The van der Waals surface area contributed by atoms with Crippen LogP contribution in [0.3, 0.4) is 0 Å². The normalized spacial score (nSPS) is 20.6. The first-order valence-corrected chi connectivity index (χ1v) is 3.67. The highest BCUT2D eigenvalue weighted by Crippen LogP contribution is 2.07. The molecule has 1 nitrogen and oxygen atoms in total. The van der Waals surface area contributed by atoms with Crippen molar-refractivity contribution >= 4 is 0 Å². The Morgan fingerprint density at radius 1 is 1.60 bits per heavy atom. The standard InChI is InChI=1S/C9H13N/c1-3-8-6-5-7-9(4-2)10-8/h3,5-7,10H,4H2,1-2H3. The predicted octanol–water partition coefficient (Wildman–Crippen LogP) is 2.34. The van der Waals surface area contributed by atoms with Crippen molar-refractivity contribution in [2.24, 2.45) is 0 Å². The Bertz CT molecular complexity index is 197. The Kier molecular flexibility index (Phi) is 2.32. The summed E-state index contributed by atoms with van der Waals surface area (Å²) in [6, 6.07) is 0. The molecule has 1 heterocycles. The van der Waals surface area contributed by atoms with Crippen LogP contribution in [0.15, 0.2) is 35.7 Å². The average Bonchev–Trinajstić information content (AvgIpc) is 2.05. The van der Waals surface area contributed by atoms with E-state index in [-0.39, 0.29) is 0 Å². The molecule has 10 heavy (non-hydrogen) atoms. The first kappa shape index (κ1) is 7.13. The van der Waals surface area contributed by atoms with E-state index in [1.165, 1.54) is 11.4 Å². The lowest BCUT2D eigenvalue weighted by atomic mass is 10.2. The van der Waals surface area contributed by atoms with Gasteiger partial charge in [-0.05, 0) is 25.5 Å². The van der Waals surface area contributed by atoms with E-state index in [4.69, 9.17) is 0 Å². The molecule has 0 radical (unpaired) electrons. The zero-order chi connectivity index (χ0) is 7.40. The number of rotatable bonds is 1. The van der Waals surface area contributed by atoms with E-state index in [1.54, 1.807) is 0 Å². The van der Waals surface area contributed by atoms with Crippen LogP contribution in [0.2, 0.25) is 0 Å². The van der Waals surface area contributed by atoms with Gasteiger partial charge in [0.1, 0.15) is 0 Å². The molecular weight excluding hydrogens is 122 g/mol. The molecule has 0 aliphatic carbocycles. The highest BCUT2D eigenvalue weighted by Gasteiger charge is 1.97. The summed E-state index contributed by atoms with van der Waals surface area (Å²) in [5.74, 6) is 0. The van der Waals surface area contributed by atoms with Gasteiger partial charge in [-0.2, -0.15) is 0 Å². The second kappa shape index (κ2) is 3.25. The molecule has 54 valence electrons. The van der Waals surface area contributed by atoms with Gasteiger partial charge < -0.3 is 5.32 Å². The van der Waals surface area contributed by atoms with Crippen molar-refractivity contribution in [3.05, 3.63) is 35.7 Å². The summed E-state index contributed by atoms with van der Waals surface area (Å²) in [7, 11) is 0. The summed E-state index contributed by atoms with van der Waals surface area (Å²) in [5.41, 5.74) is 2.48. The smallest absolute Gasteiger partial charge is 0.0338 e. The molecular formula is C9H13N. The van der Waals surface area contributed by atoms with E-state index < -0.39 is 0 Å². The maximum Gasteiger partial charge on any atom is 0.0338 e. The molecule has 0 saturated carbocycles. The van der Waals surface area contributed by atoms with Gasteiger partial charge in [0.15, 0.2) is 0 Å². The minimum atomic E-state index is 1.07. The molecule has 1 N–H and O–H groups in total. The second-order valence-corrected chi connectivity index (χ2v) is 2.27. The van der Waals surface area contributed by atoms with Crippen LogP contribution >= 0.6 is 0 Å². The topological polar surface area (TPSA) is 12.0 Å².